The van der Waals surface area contributed by atoms with Crippen LogP contribution in [0.15, 0.2) is 48.5 Å². The van der Waals surface area contributed by atoms with Crippen molar-refractivity contribution in [2.24, 2.45) is 0 Å². The minimum atomic E-state index is 0.111. The Hall–Kier alpha value is -2.00. The Morgan fingerprint density at radius 2 is 1.67 bits per heavy atom. The van der Waals surface area contributed by atoms with Crippen molar-refractivity contribution >= 4 is 0 Å². The quantitative estimate of drug-likeness (QED) is 0.931. The van der Waals surface area contributed by atoms with Crippen LogP contribution in [-0.2, 0) is 0 Å². The van der Waals surface area contributed by atoms with E-state index in [1.807, 2.05) is 30.3 Å². The Morgan fingerprint density at radius 3 is 2.29 bits per heavy atom. The Kier molecular flexibility index (Phi) is 4.11. The van der Waals surface area contributed by atoms with Crippen LogP contribution < -0.4 is 4.74 Å². The van der Waals surface area contributed by atoms with Gasteiger partial charge >= 0.3 is 0 Å². The van der Waals surface area contributed by atoms with E-state index >= 15 is 0 Å². The summed E-state index contributed by atoms with van der Waals surface area (Å²) in [5.41, 5.74) is 2.17. The Morgan fingerprint density at radius 1 is 1.00 bits per heavy atom. The van der Waals surface area contributed by atoms with Crippen LogP contribution in [0.3, 0.4) is 0 Å². The van der Waals surface area contributed by atoms with E-state index in [0.29, 0.717) is 5.75 Å². The molecule has 0 amide bonds. The van der Waals surface area contributed by atoms with Gasteiger partial charge in [0.1, 0.15) is 11.5 Å². The lowest BCUT2D eigenvalue weighted by molar-refractivity contribution is 0.275. The molecule has 1 aliphatic heterocycles. The van der Waals surface area contributed by atoms with Gasteiger partial charge in [0.05, 0.1) is 13.2 Å². The van der Waals surface area contributed by atoms with Crippen LogP contribution in [0, 0.1) is 0 Å². The summed E-state index contributed by atoms with van der Waals surface area (Å²) in [6.07, 6.45) is 2.44. The lowest BCUT2D eigenvalue weighted by Gasteiger charge is -2.29. The van der Waals surface area contributed by atoms with Crippen molar-refractivity contribution in [3.63, 3.8) is 0 Å². The molecular formula is C18H21NO2. The highest BCUT2D eigenvalue weighted by atomic mass is 16.5. The molecule has 21 heavy (non-hydrogen) atoms. The van der Waals surface area contributed by atoms with Crippen LogP contribution in [0.4, 0.5) is 0 Å². The lowest BCUT2D eigenvalue weighted by Crippen LogP contribution is -2.26. The molecule has 1 fully saturated rings. The van der Waals surface area contributed by atoms with E-state index in [9.17, 15) is 5.11 Å². The van der Waals surface area contributed by atoms with Gasteiger partial charge in [-0.3, -0.25) is 4.90 Å². The molecular weight excluding hydrogens is 262 g/mol. The molecule has 3 heteroatoms. The first kappa shape index (κ1) is 14.0. The van der Waals surface area contributed by atoms with Crippen LogP contribution in [0.2, 0.25) is 0 Å². The standard InChI is InChI=1S/C18H21NO2/c1-21-15-10-8-14(9-11-15)18(19-12-4-5-13-19)16-6-2-3-7-17(16)20/h2-3,6-11,18,20H,4-5,12-13H2,1H3. The fraction of sp³-hybridized carbons (Fsp3) is 0.333. The van der Waals surface area contributed by atoms with Gasteiger partial charge in [-0.2, -0.15) is 0 Å². The van der Waals surface area contributed by atoms with Crippen molar-refractivity contribution in [1.29, 1.82) is 0 Å². The van der Waals surface area contributed by atoms with E-state index in [-0.39, 0.29) is 6.04 Å². The lowest BCUT2D eigenvalue weighted by atomic mass is 9.96. The molecule has 0 radical (unpaired) electrons. The number of nitrogens with zero attached hydrogens (tertiary/aromatic N) is 1. The van der Waals surface area contributed by atoms with Crippen LogP contribution in [0.5, 0.6) is 11.5 Å². The van der Waals surface area contributed by atoms with Crippen molar-refractivity contribution in [1.82, 2.24) is 4.90 Å². The second kappa shape index (κ2) is 6.19. The third-order valence-corrected chi connectivity index (χ3v) is 4.17. The zero-order valence-corrected chi connectivity index (χ0v) is 12.3. The molecule has 0 aliphatic carbocycles. The fourth-order valence-corrected chi connectivity index (χ4v) is 3.09. The molecule has 1 saturated heterocycles. The molecule has 2 aromatic carbocycles. The summed E-state index contributed by atoms with van der Waals surface area (Å²) >= 11 is 0. The SMILES string of the molecule is COc1ccc(C(c2ccccc2O)N2CCCC2)cc1. The molecule has 2 aromatic rings. The number of ether oxygens (including phenoxy) is 1. The summed E-state index contributed by atoms with van der Waals surface area (Å²) in [5, 5.41) is 10.3. The first-order valence-electron chi connectivity index (χ1n) is 7.45. The smallest absolute Gasteiger partial charge is 0.120 e. The number of rotatable bonds is 4. The molecule has 1 atom stereocenters. The maximum absolute atomic E-state index is 10.3. The highest BCUT2D eigenvalue weighted by molar-refractivity contribution is 5.42. The number of phenolic OH excluding ortho intramolecular Hbond substituents is 1. The first-order valence-corrected chi connectivity index (χ1v) is 7.45. The van der Waals surface area contributed by atoms with Gasteiger partial charge in [0.2, 0.25) is 0 Å². The number of para-hydroxylation sites is 1. The normalized spacial score (nSPS) is 16.8. The Labute approximate surface area is 125 Å². The molecule has 3 rings (SSSR count). The number of benzene rings is 2. The van der Waals surface area contributed by atoms with Gasteiger partial charge in [-0.05, 0) is 49.7 Å². The molecule has 3 nitrogen and oxygen atoms in total. The second-order valence-electron chi connectivity index (χ2n) is 5.48. The molecule has 0 aromatic heterocycles. The highest BCUT2D eigenvalue weighted by Crippen LogP contribution is 2.36. The minimum absolute atomic E-state index is 0.111. The van der Waals surface area contributed by atoms with Crippen molar-refractivity contribution in [3.8, 4) is 11.5 Å². The van der Waals surface area contributed by atoms with Gasteiger partial charge in [-0.25, -0.2) is 0 Å². The monoisotopic (exact) mass is 283 g/mol. The van der Waals surface area contributed by atoms with Crippen molar-refractivity contribution < 1.29 is 9.84 Å². The minimum Gasteiger partial charge on any atom is -0.508 e. The van der Waals surface area contributed by atoms with Gasteiger partial charge in [0.15, 0.2) is 0 Å². The second-order valence-corrected chi connectivity index (χ2v) is 5.48. The zero-order valence-electron chi connectivity index (χ0n) is 12.3. The molecule has 110 valence electrons. The van der Waals surface area contributed by atoms with Gasteiger partial charge in [-0.15, -0.1) is 0 Å². The maximum Gasteiger partial charge on any atom is 0.120 e. The number of hydrogen-bond acceptors (Lipinski definition) is 3. The third-order valence-electron chi connectivity index (χ3n) is 4.17. The van der Waals surface area contributed by atoms with E-state index in [1.165, 1.54) is 18.4 Å². The summed E-state index contributed by atoms with van der Waals surface area (Å²) in [7, 11) is 1.68. The van der Waals surface area contributed by atoms with Gasteiger partial charge in [-0.1, -0.05) is 30.3 Å². The Bertz CT molecular complexity index is 588. The molecule has 1 unspecified atom stereocenters. The average Bonchev–Trinajstić information content (AvgIpc) is 3.04. The summed E-state index contributed by atoms with van der Waals surface area (Å²) in [6.45, 7) is 2.15. The number of phenols is 1. The van der Waals surface area contributed by atoms with Crippen molar-refractivity contribution in [2.45, 2.75) is 18.9 Å². The third kappa shape index (κ3) is 2.88. The van der Waals surface area contributed by atoms with Gasteiger partial charge in [0.25, 0.3) is 0 Å². The van der Waals surface area contributed by atoms with E-state index < -0.39 is 0 Å². The molecule has 0 saturated carbocycles. The van der Waals surface area contributed by atoms with Crippen LogP contribution >= 0.6 is 0 Å². The average molecular weight is 283 g/mol. The van der Waals surface area contributed by atoms with Crippen molar-refractivity contribution in [3.05, 3.63) is 59.7 Å². The van der Waals surface area contributed by atoms with Crippen LogP contribution in [0.1, 0.15) is 30.0 Å². The largest absolute Gasteiger partial charge is 0.508 e. The van der Waals surface area contributed by atoms with E-state index in [4.69, 9.17) is 4.74 Å². The van der Waals surface area contributed by atoms with Gasteiger partial charge in [0, 0.05) is 5.56 Å². The maximum atomic E-state index is 10.3. The molecule has 0 bridgehead atoms. The number of hydrogen-bond donors (Lipinski definition) is 1. The predicted molar refractivity (Wildman–Crippen MR) is 83.8 cm³/mol. The zero-order chi connectivity index (χ0) is 14.7. The molecule has 1 aliphatic rings. The number of methoxy groups -OCH3 is 1. The summed E-state index contributed by atoms with van der Waals surface area (Å²) in [6, 6.07) is 15.9. The van der Waals surface area contributed by atoms with E-state index in [1.54, 1.807) is 13.2 Å². The molecule has 1 heterocycles. The van der Waals surface area contributed by atoms with Crippen LogP contribution in [0.25, 0.3) is 0 Å². The van der Waals surface area contributed by atoms with Crippen molar-refractivity contribution in [2.75, 3.05) is 20.2 Å². The topological polar surface area (TPSA) is 32.7 Å². The highest BCUT2D eigenvalue weighted by Gasteiger charge is 2.26. The van der Waals surface area contributed by atoms with E-state index in [2.05, 4.69) is 17.0 Å². The Balaban J connectivity index is 2.01. The predicted octanol–water partition coefficient (Wildman–Crippen LogP) is 3.59. The fourth-order valence-electron chi connectivity index (χ4n) is 3.09. The first-order chi connectivity index (χ1) is 10.3. The molecule has 1 N–H and O–H groups in total. The summed E-state index contributed by atoms with van der Waals surface area (Å²) in [5.74, 6) is 1.22. The van der Waals surface area contributed by atoms with Crippen LogP contribution in [-0.4, -0.2) is 30.2 Å². The molecule has 0 spiro atoms. The summed E-state index contributed by atoms with van der Waals surface area (Å²) < 4.78 is 5.24. The number of likely N-dealkylation sites (tertiary alicyclic amines) is 1. The van der Waals surface area contributed by atoms with Gasteiger partial charge < -0.3 is 9.84 Å². The van der Waals surface area contributed by atoms with E-state index in [0.717, 1.165) is 24.4 Å². The summed E-state index contributed by atoms with van der Waals surface area (Å²) in [4.78, 5) is 2.44. The number of aromatic hydroxyl groups is 1.